The molecule has 3 amide bonds. The van der Waals surface area contributed by atoms with Crippen molar-refractivity contribution in [2.45, 2.75) is 24.6 Å². The molecule has 0 saturated carbocycles. The molecule has 1 aliphatic rings. The molecule has 1 rings (SSSR count). The van der Waals surface area contributed by atoms with Crippen molar-refractivity contribution in [3.05, 3.63) is 0 Å². The Labute approximate surface area is 76.7 Å². The maximum absolute atomic E-state index is 11.4. The molecule has 0 aromatic heterocycles. The summed E-state index contributed by atoms with van der Waals surface area (Å²) >= 11 is 4.15. The zero-order chi connectivity index (χ0) is 9.35. The second-order valence-corrected chi connectivity index (χ2v) is 3.67. The van der Waals surface area contributed by atoms with Crippen LogP contribution >= 0.6 is 12.6 Å². The number of carbonyl (C=O) groups excluding carboxylic acids is 2. The Bertz CT molecular complexity index is 231. The number of nitrogens with one attached hydrogen (secondary N) is 1. The Balaban J connectivity index is 2.82. The van der Waals surface area contributed by atoms with Crippen LogP contribution in [0.3, 0.4) is 0 Å². The molecule has 0 bridgehead atoms. The summed E-state index contributed by atoms with van der Waals surface area (Å²) in [5.74, 6) is -0.266. The predicted octanol–water partition coefficient (Wildman–Crippen LogP) is 0.594. The molecule has 0 aromatic carbocycles. The zero-order valence-corrected chi connectivity index (χ0v) is 8.02. The van der Waals surface area contributed by atoms with Crippen LogP contribution in [0.25, 0.3) is 0 Å². The summed E-state index contributed by atoms with van der Waals surface area (Å²) in [7, 11) is 1.45. The largest absolute Gasteiger partial charge is 0.325 e. The number of rotatable bonds is 2. The SMILES string of the molecule is CCCC1(S)NC(=O)N(C)C1=O. The van der Waals surface area contributed by atoms with E-state index in [2.05, 4.69) is 17.9 Å². The standard InChI is InChI=1S/C7H12N2O2S/c1-3-4-7(12)5(10)9(2)6(11)8-7/h12H,3-4H2,1-2H3,(H,8,11). The van der Waals surface area contributed by atoms with Gasteiger partial charge in [-0.25, -0.2) is 4.79 Å². The smallest absolute Gasteiger partial charge is 0.315 e. The second kappa shape index (κ2) is 2.97. The molecule has 1 N–H and O–H groups in total. The molecular weight excluding hydrogens is 176 g/mol. The van der Waals surface area contributed by atoms with Gasteiger partial charge in [-0.3, -0.25) is 9.69 Å². The fraction of sp³-hybridized carbons (Fsp3) is 0.714. The third-order valence-electron chi connectivity index (χ3n) is 1.89. The number of hydrogen-bond donors (Lipinski definition) is 2. The van der Waals surface area contributed by atoms with Gasteiger partial charge in [0.1, 0.15) is 0 Å². The van der Waals surface area contributed by atoms with E-state index in [0.29, 0.717) is 6.42 Å². The first kappa shape index (κ1) is 9.38. The number of hydrogen-bond acceptors (Lipinski definition) is 3. The molecule has 1 fully saturated rings. The lowest BCUT2D eigenvalue weighted by molar-refractivity contribution is -0.127. The monoisotopic (exact) mass is 188 g/mol. The normalized spacial score (nSPS) is 29.4. The van der Waals surface area contributed by atoms with Crippen molar-refractivity contribution in [3.63, 3.8) is 0 Å². The van der Waals surface area contributed by atoms with Crippen LogP contribution in [0, 0.1) is 0 Å². The quantitative estimate of drug-likeness (QED) is 0.492. The van der Waals surface area contributed by atoms with Gasteiger partial charge in [0.05, 0.1) is 0 Å². The van der Waals surface area contributed by atoms with Crippen molar-refractivity contribution in [1.29, 1.82) is 0 Å². The third kappa shape index (κ3) is 1.29. The fourth-order valence-electron chi connectivity index (χ4n) is 1.22. The first-order valence-corrected chi connectivity index (χ1v) is 4.28. The Kier molecular flexibility index (Phi) is 2.32. The van der Waals surface area contributed by atoms with Crippen molar-refractivity contribution in [3.8, 4) is 0 Å². The highest BCUT2D eigenvalue weighted by Crippen LogP contribution is 2.25. The van der Waals surface area contributed by atoms with E-state index in [1.54, 1.807) is 0 Å². The number of amides is 3. The second-order valence-electron chi connectivity index (χ2n) is 2.90. The third-order valence-corrected chi connectivity index (χ3v) is 2.42. The molecule has 1 atom stereocenters. The molecule has 1 unspecified atom stereocenters. The summed E-state index contributed by atoms with van der Waals surface area (Å²) in [5.41, 5.74) is 0. The Hall–Kier alpha value is -0.710. The first-order valence-electron chi connectivity index (χ1n) is 3.84. The molecule has 1 saturated heterocycles. The summed E-state index contributed by atoms with van der Waals surface area (Å²) < 4.78 is 0. The average Bonchev–Trinajstić information content (AvgIpc) is 2.17. The van der Waals surface area contributed by atoms with Crippen molar-refractivity contribution in [1.82, 2.24) is 10.2 Å². The average molecular weight is 188 g/mol. The van der Waals surface area contributed by atoms with Gasteiger partial charge in [0.25, 0.3) is 5.91 Å². The molecule has 4 nitrogen and oxygen atoms in total. The molecule has 5 heteroatoms. The highest BCUT2D eigenvalue weighted by molar-refractivity contribution is 7.82. The van der Waals surface area contributed by atoms with E-state index in [9.17, 15) is 9.59 Å². The predicted molar refractivity (Wildman–Crippen MR) is 47.9 cm³/mol. The van der Waals surface area contributed by atoms with Gasteiger partial charge in [-0.05, 0) is 6.42 Å². The van der Waals surface area contributed by atoms with Crippen molar-refractivity contribution in [2.75, 3.05) is 7.05 Å². The van der Waals surface area contributed by atoms with Crippen molar-refractivity contribution >= 4 is 24.6 Å². The lowest BCUT2D eigenvalue weighted by Crippen LogP contribution is -2.40. The van der Waals surface area contributed by atoms with E-state index in [-0.39, 0.29) is 11.9 Å². The van der Waals surface area contributed by atoms with E-state index < -0.39 is 4.87 Å². The maximum Gasteiger partial charge on any atom is 0.325 e. The fourth-order valence-corrected chi connectivity index (χ4v) is 1.68. The summed E-state index contributed by atoms with van der Waals surface area (Å²) in [4.78, 5) is 22.5. The van der Waals surface area contributed by atoms with Crippen molar-refractivity contribution < 1.29 is 9.59 Å². The van der Waals surface area contributed by atoms with Gasteiger partial charge in [0.15, 0.2) is 4.87 Å². The van der Waals surface area contributed by atoms with E-state index >= 15 is 0 Å². The molecule has 68 valence electrons. The topological polar surface area (TPSA) is 49.4 Å². The van der Waals surface area contributed by atoms with E-state index in [0.717, 1.165) is 11.3 Å². The van der Waals surface area contributed by atoms with Crippen LogP contribution in [0.2, 0.25) is 0 Å². The van der Waals surface area contributed by atoms with Crippen LogP contribution in [-0.4, -0.2) is 28.8 Å². The Morgan fingerprint density at radius 2 is 2.17 bits per heavy atom. The minimum atomic E-state index is -0.972. The molecule has 0 spiro atoms. The number of likely N-dealkylation sites (N-methyl/N-ethyl adjacent to an activating group) is 1. The molecule has 12 heavy (non-hydrogen) atoms. The molecule has 0 aromatic rings. The Morgan fingerprint density at radius 3 is 2.50 bits per heavy atom. The number of carbonyl (C=O) groups is 2. The van der Waals surface area contributed by atoms with Crippen LogP contribution in [0.4, 0.5) is 4.79 Å². The lowest BCUT2D eigenvalue weighted by atomic mass is 10.1. The summed E-state index contributed by atoms with van der Waals surface area (Å²) in [5, 5.41) is 2.53. The number of nitrogens with zero attached hydrogens (tertiary/aromatic N) is 1. The number of urea groups is 1. The van der Waals surface area contributed by atoms with Gasteiger partial charge in [0, 0.05) is 7.05 Å². The highest BCUT2D eigenvalue weighted by Gasteiger charge is 2.46. The summed E-state index contributed by atoms with van der Waals surface area (Å²) in [6.07, 6.45) is 1.37. The number of imide groups is 1. The Morgan fingerprint density at radius 1 is 1.58 bits per heavy atom. The van der Waals surface area contributed by atoms with Gasteiger partial charge < -0.3 is 5.32 Å². The van der Waals surface area contributed by atoms with Crippen molar-refractivity contribution in [2.24, 2.45) is 0 Å². The van der Waals surface area contributed by atoms with Gasteiger partial charge >= 0.3 is 6.03 Å². The first-order chi connectivity index (χ1) is 5.51. The van der Waals surface area contributed by atoms with Crippen LogP contribution in [0.1, 0.15) is 19.8 Å². The summed E-state index contributed by atoms with van der Waals surface area (Å²) in [6, 6.07) is -0.372. The van der Waals surface area contributed by atoms with Crippen LogP contribution in [-0.2, 0) is 4.79 Å². The zero-order valence-electron chi connectivity index (χ0n) is 7.13. The minimum absolute atomic E-state index is 0.266. The lowest BCUT2D eigenvalue weighted by Gasteiger charge is -2.18. The number of thiol groups is 1. The highest BCUT2D eigenvalue weighted by atomic mass is 32.1. The molecule has 1 heterocycles. The van der Waals surface area contributed by atoms with Gasteiger partial charge in [-0.1, -0.05) is 13.3 Å². The van der Waals surface area contributed by atoms with Gasteiger partial charge in [-0.15, -0.1) is 12.6 Å². The van der Waals surface area contributed by atoms with Crippen LogP contribution in [0.5, 0.6) is 0 Å². The van der Waals surface area contributed by atoms with Crippen LogP contribution in [0.15, 0.2) is 0 Å². The summed E-state index contributed by atoms with van der Waals surface area (Å²) in [6.45, 7) is 1.94. The van der Waals surface area contributed by atoms with E-state index in [1.165, 1.54) is 7.05 Å². The van der Waals surface area contributed by atoms with Gasteiger partial charge in [0.2, 0.25) is 0 Å². The molecule has 0 aliphatic carbocycles. The maximum atomic E-state index is 11.4. The van der Waals surface area contributed by atoms with Gasteiger partial charge in [-0.2, -0.15) is 0 Å². The molecule has 0 radical (unpaired) electrons. The minimum Gasteiger partial charge on any atom is -0.315 e. The molecule has 1 aliphatic heterocycles. The van der Waals surface area contributed by atoms with E-state index in [1.807, 2.05) is 6.92 Å². The van der Waals surface area contributed by atoms with E-state index in [4.69, 9.17) is 0 Å². The van der Waals surface area contributed by atoms with Crippen LogP contribution < -0.4 is 5.32 Å². The molecular formula is C7H12N2O2S.